The number of hydrogen-bond donors (Lipinski definition) is 1. The van der Waals surface area contributed by atoms with Crippen molar-refractivity contribution < 1.29 is 17.9 Å². The van der Waals surface area contributed by atoms with E-state index in [1.165, 1.54) is 12.1 Å². The predicted molar refractivity (Wildman–Crippen MR) is 64.2 cm³/mol. The minimum absolute atomic E-state index is 0.220. The van der Waals surface area contributed by atoms with Crippen molar-refractivity contribution in [2.75, 3.05) is 13.7 Å². The van der Waals surface area contributed by atoms with Crippen LogP contribution >= 0.6 is 0 Å². The van der Waals surface area contributed by atoms with Gasteiger partial charge in [0.15, 0.2) is 0 Å². The van der Waals surface area contributed by atoms with Crippen LogP contribution in [-0.2, 0) is 17.5 Å². The molecule has 0 radical (unpaired) electrons. The van der Waals surface area contributed by atoms with Crippen molar-refractivity contribution in [1.82, 2.24) is 5.32 Å². The number of ether oxygens (including phenoxy) is 1. The molecule has 1 unspecified atom stereocenters. The molecule has 0 aliphatic carbocycles. The van der Waals surface area contributed by atoms with Crippen LogP contribution in [0.2, 0.25) is 0 Å². The Morgan fingerprint density at radius 3 is 2.28 bits per heavy atom. The number of alkyl halides is 3. The lowest BCUT2D eigenvalue weighted by atomic mass is 10.1. The van der Waals surface area contributed by atoms with E-state index >= 15 is 0 Å². The third-order valence-corrected chi connectivity index (χ3v) is 2.74. The molecule has 0 heterocycles. The molecule has 5 heteroatoms. The first-order valence-corrected chi connectivity index (χ1v) is 5.85. The molecule has 0 aromatic heterocycles. The second-order valence-electron chi connectivity index (χ2n) is 4.14. The Balaban J connectivity index is 2.53. The first-order chi connectivity index (χ1) is 8.47. The van der Waals surface area contributed by atoms with Crippen molar-refractivity contribution in [2.45, 2.75) is 32.1 Å². The lowest BCUT2D eigenvalue weighted by molar-refractivity contribution is -0.137. The van der Waals surface area contributed by atoms with Gasteiger partial charge in [0.25, 0.3) is 0 Å². The van der Waals surface area contributed by atoms with Gasteiger partial charge in [-0.05, 0) is 24.1 Å². The second-order valence-corrected chi connectivity index (χ2v) is 4.14. The number of halogens is 3. The van der Waals surface area contributed by atoms with E-state index in [0.29, 0.717) is 13.2 Å². The highest BCUT2D eigenvalue weighted by Crippen LogP contribution is 2.29. The minimum atomic E-state index is -4.27. The largest absolute Gasteiger partial charge is 0.416 e. The van der Waals surface area contributed by atoms with Crippen molar-refractivity contribution in [2.24, 2.45) is 0 Å². The molecule has 1 aromatic carbocycles. The number of methoxy groups -OCH3 is 1. The maximum absolute atomic E-state index is 12.4. The van der Waals surface area contributed by atoms with Gasteiger partial charge in [-0.3, -0.25) is 0 Å². The van der Waals surface area contributed by atoms with E-state index in [9.17, 15) is 13.2 Å². The van der Waals surface area contributed by atoms with Crippen molar-refractivity contribution in [3.05, 3.63) is 35.4 Å². The quantitative estimate of drug-likeness (QED) is 0.849. The fourth-order valence-electron chi connectivity index (χ4n) is 1.60. The highest BCUT2D eigenvalue weighted by atomic mass is 19.4. The van der Waals surface area contributed by atoms with Gasteiger partial charge in [-0.1, -0.05) is 19.1 Å². The van der Waals surface area contributed by atoms with Crippen LogP contribution in [0.15, 0.2) is 24.3 Å². The molecule has 0 bridgehead atoms. The Morgan fingerprint density at radius 2 is 1.83 bits per heavy atom. The molecule has 2 nitrogen and oxygen atoms in total. The van der Waals surface area contributed by atoms with E-state index in [1.54, 1.807) is 7.11 Å². The van der Waals surface area contributed by atoms with Gasteiger partial charge in [0.05, 0.1) is 12.2 Å². The zero-order valence-electron chi connectivity index (χ0n) is 10.6. The maximum atomic E-state index is 12.4. The average molecular weight is 261 g/mol. The molecule has 1 N–H and O–H groups in total. The number of rotatable bonds is 6. The van der Waals surface area contributed by atoms with Crippen LogP contribution in [0.25, 0.3) is 0 Å². The van der Waals surface area contributed by atoms with Gasteiger partial charge in [0.2, 0.25) is 0 Å². The first-order valence-electron chi connectivity index (χ1n) is 5.85. The molecule has 0 saturated heterocycles. The summed E-state index contributed by atoms with van der Waals surface area (Å²) in [4.78, 5) is 0. The smallest absolute Gasteiger partial charge is 0.383 e. The van der Waals surface area contributed by atoms with Crippen LogP contribution in [0.4, 0.5) is 13.2 Å². The summed E-state index contributed by atoms with van der Waals surface area (Å²) in [6, 6.07) is 5.42. The fourth-order valence-corrected chi connectivity index (χ4v) is 1.60. The predicted octanol–water partition coefficient (Wildman–Crippen LogP) is 3.22. The van der Waals surface area contributed by atoms with Gasteiger partial charge in [-0.2, -0.15) is 13.2 Å². The molecule has 0 aliphatic rings. The van der Waals surface area contributed by atoms with Crippen LogP contribution < -0.4 is 5.32 Å². The molecular weight excluding hydrogens is 243 g/mol. The topological polar surface area (TPSA) is 21.3 Å². The lowest BCUT2D eigenvalue weighted by Gasteiger charge is -2.16. The normalized spacial score (nSPS) is 13.6. The summed E-state index contributed by atoms with van der Waals surface area (Å²) < 4.78 is 42.1. The van der Waals surface area contributed by atoms with Crippen molar-refractivity contribution in [3.63, 3.8) is 0 Å². The monoisotopic (exact) mass is 261 g/mol. The van der Waals surface area contributed by atoms with E-state index in [-0.39, 0.29) is 6.04 Å². The molecule has 102 valence electrons. The highest BCUT2D eigenvalue weighted by Gasteiger charge is 2.29. The van der Waals surface area contributed by atoms with Gasteiger partial charge < -0.3 is 10.1 Å². The maximum Gasteiger partial charge on any atom is 0.416 e. The zero-order chi connectivity index (χ0) is 13.6. The van der Waals surface area contributed by atoms with Gasteiger partial charge >= 0.3 is 6.18 Å². The Bertz CT molecular complexity index is 348. The number of nitrogens with one attached hydrogen (secondary N) is 1. The molecule has 0 saturated carbocycles. The number of benzene rings is 1. The molecule has 0 fully saturated rings. The van der Waals surface area contributed by atoms with Gasteiger partial charge in [0, 0.05) is 19.7 Å². The molecule has 1 atom stereocenters. The number of hydrogen-bond acceptors (Lipinski definition) is 2. The van der Waals surface area contributed by atoms with Crippen LogP contribution in [0.3, 0.4) is 0 Å². The van der Waals surface area contributed by atoms with E-state index < -0.39 is 11.7 Å². The highest BCUT2D eigenvalue weighted by molar-refractivity contribution is 5.24. The Morgan fingerprint density at radius 1 is 1.22 bits per heavy atom. The van der Waals surface area contributed by atoms with Crippen LogP contribution in [0, 0.1) is 0 Å². The third-order valence-electron chi connectivity index (χ3n) is 2.74. The first kappa shape index (κ1) is 15.0. The molecule has 0 aliphatic heterocycles. The molecule has 18 heavy (non-hydrogen) atoms. The zero-order valence-corrected chi connectivity index (χ0v) is 10.6. The third kappa shape index (κ3) is 4.66. The van der Waals surface area contributed by atoms with Crippen molar-refractivity contribution in [3.8, 4) is 0 Å². The van der Waals surface area contributed by atoms with Crippen LogP contribution in [0.5, 0.6) is 0 Å². The summed E-state index contributed by atoms with van der Waals surface area (Å²) in [5.41, 5.74) is 0.215. The summed E-state index contributed by atoms with van der Waals surface area (Å²) in [5, 5.41) is 3.24. The molecule has 1 rings (SSSR count). The van der Waals surface area contributed by atoms with Gasteiger partial charge in [-0.15, -0.1) is 0 Å². The summed E-state index contributed by atoms with van der Waals surface area (Å²) >= 11 is 0. The van der Waals surface area contributed by atoms with Crippen LogP contribution in [0.1, 0.15) is 24.5 Å². The Labute approximate surface area is 105 Å². The average Bonchev–Trinajstić information content (AvgIpc) is 2.34. The fraction of sp³-hybridized carbons (Fsp3) is 0.538. The summed E-state index contributed by atoms with van der Waals surface area (Å²) in [6.45, 7) is 3.17. The standard InChI is InChI=1S/C13H18F3NO/c1-3-12(9-18-2)17-8-10-4-6-11(7-5-10)13(14,15)16/h4-7,12,17H,3,8-9H2,1-2H3. The van der Waals surface area contributed by atoms with Crippen molar-refractivity contribution in [1.29, 1.82) is 0 Å². The summed E-state index contributed by atoms with van der Waals surface area (Å²) in [7, 11) is 1.63. The molecule has 0 spiro atoms. The van der Waals surface area contributed by atoms with Gasteiger partial charge in [0.1, 0.15) is 0 Å². The minimum Gasteiger partial charge on any atom is -0.383 e. The van der Waals surface area contributed by atoms with E-state index in [1.807, 2.05) is 6.92 Å². The van der Waals surface area contributed by atoms with Crippen molar-refractivity contribution >= 4 is 0 Å². The SMILES string of the molecule is CCC(COC)NCc1ccc(C(F)(F)F)cc1. The molecule has 1 aromatic rings. The molecule has 0 amide bonds. The van der Waals surface area contributed by atoms with E-state index in [0.717, 1.165) is 24.1 Å². The lowest BCUT2D eigenvalue weighted by Crippen LogP contribution is -2.32. The summed E-state index contributed by atoms with van der Waals surface area (Å²) in [6.07, 6.45) is -3.36. The molecular formula is C13H18F3NO. The van der Waals surface area contributed by atoms with Gasteiger partial charge in [-0.25, -0.2) is 0 Å². The summed E-state index contributed by atoms with van der Waals surface area (Å²) in [5.74, 6) is 0. The van der Waals surface area contributed by atoms with E-state index in [4.69, 9.17) is 4.74 Å². The Kier molecular flexibility index (Phi) is 5.62. The Hall–Kier alpha value is -1.07. The van der Waals surface area contributed by atoms with E-state index in [2.05, 4.69) is 5.32 Å². The second kappa shape index (κ2) is 6.75. The van der Waals surface area contributed by atoms with Crippen LogP contribution in [-0.4, -0.2) is 19.8 Å².